The fourth-order valence-corrected chi connectivity index (χ4v) is 4.28. The molecule has 9 nitrogen and oxygen atoms in total. The molecule has 10 heteroatoms. The second kappa shape index (κ2) is 7.80. The molecule has 0 atom stereocenters. The van der Waals surface area contributed by atoms with Crippen molar-refractivity contribution < 1.29 is 22.7 Å². The van der Waals surface area contributed by atoms with Crippen LogP contribution < -0.4 is 5.32 Å². The molecular formula is C19H20N4O5S. The number of hydrogen-bond acceptors (Lipinski definition) is 6. The van der Waals surface area contributed by atoms with Crippen molar-refractivity contribution in [3.63, 3.8) is 0 Å². The van der Waals surface area contributed by atoms with Gasteiger partial charge in [-0.25, -0.2) is 8.42 Å². The van der Waals surface area contributed by atoms with Gasteiger partial charge in [0.05, 0.1) is 35.8 Å². The minimum atomic E-state index is -3.61. The summed E-state index contributed by atoms with van der Waals surface area (Å²) in [6, 6.07) is 6.74. The first-order chi connectivity index (χ1) is 13.9. The second-order valence-electron chi connectivity index (χ2n) is 6.72. The minimum Gasteiger partial charge on any atom is -0.378 e. The minimum absolute atomic E-state index is 0.0910. The van der Waals surface area contributed by atoms with Gasteiger partial charge in [0.2, 0.25) is 0 Å². The van der Waals surface area contributed by atoms with E-state index in [2.05, 4.69) is 9.71 Å². The van der Waals surface area contributed by atoms with Crippen molar-refractivity contribution in [2.75, 3.05) is 43.9 Å². The number of allylic oxidation sites excluding steroid dienone is 2. The van der Waals surface area contributed by atoms with Gasteiger partial charge in [0, 0.05) is 25.8 Å². The Morgan fingerprint density at radius 1 is 1.10 bits per heavy atom. The lowest BCUT2D eigenvalue weighted by atomic mass is 10.1. The first-order valence-corrected chi connectivity index (χ1v) is 10.8. The van der Waals surface area contributed by atoms with Crippen LogP contribution in [0.15, 0.2) is 52.6 Å². The summed E-state index contributed by atoms with van der Waals surface area (Å²) in [5.41, 5.74) is 0.851. The Morgan fingerprint density at radius 3 is 2.66 bits per heavy atom. The molecule has 1 N–H and O–H groups in total. The number of sulfonamides is 1. The highest BCUT2D eigenvalue weighted by atomic mass is 32.2. The number of para-hydroxylation sites is 1. The van der Waals surface area contributed by atoms with Gasteiger partial charge < -0.3 is 19.9 Å². The molecule has 29 heavy (non-hydrogen) atoms. The highest BCUT2D eigenvalue weighted by Gasteiger charge is 2.30. The van der Waals surface area contributed by atoms with Gasteiger partial charge in [-0.1, -0.05) is 12.1 Å². The molecule has 0 radical (unpaired) electrons. The number of amidine groups is 1. The van der Waals surface area contributed by atoms with Crippen molar-refractivity contribution in [1.29, 1.82) is 0 Å². The number of benzene rings is 1. The molecule has 1 aromatic carbocycles. The zero-order valence-electron chi connectivity index (χ0n) is 15.6. The molecule has 0 saturated carbocycles. The third-order valence-electron chi connectivity index (χ3n) is 4.81. The number of hydrogen-bond donors (Lipinski definition) is 1. The number of rotatable bonds is 3. The average molecular weight is 416 g/mol. The zero-order chi connectivity index (χ0) is 20.4. The highest BCUT2D eigenvalue weighted by Crippen LogP contribution is 2.22. The molecule has 0 bridgehead atoms. The molecule has 0 spiro atoms. The van der Waals surface area contributed by atoms with Crippen LogP contribution in [-0.2, 0) is 19.6 Å². The smallest absolute Gasteiger partial charge is 0.259 e. The summed E-state index contributed by atoms with van der Waals surface area (Å²) in [7, 11) is -3.61. The number of carbonyl (C=O) groups excluding carboxylic acids is 2. The van der Waals surface area contributed by atoms with Crippen molar-refractivity contribution in [3.8, 4) is 0 Å². The van der Waals surface area contributed by atoms with Crippen molar-refractivity contribution in [2.45, 2.75) is 0 Å². The number of nitrogens with one attached hydrogen (secondary N) is 1. The van der Waals surface area contributed by atoms with Crippen molar-refractivity contribution in [3.05, 3.63) is 53.8 Å². The van der Waals surface area contributed by atoms with Crippen LogP contribution in [0.25, 0.3) is 0 Å². The van der Waals surface area contributed by atoms with E-state index in [9.17, 15) is 18.0 Å². The number of amides is 2. The SMILES string of the molecule is O=C(Nc1ccccc1C(=O)N1CCOCC1)C1=CC=CN2CCS(=O)(=O)N=C12. The van der Waals surface area contributed by atoms with Gasteiger partial charge in [-0.15, -0.1) is 4.40 Å². The van der Waals surface area contributed by atoms with E-state index >= 15 is 0 Å². The third-order valence-corrected chi connectivity index (χ3v) is 5.96. The topological polar surface area (TPSA) is 108 Å². The van der Waals surface area contributed by atoms with Crippen LogP contribution in [0.4, 0.5) is 5.69 Å². The summed E-state index contributed by atoms with van der Waals surface area (Å²) in [5.74, 6) is -0.737. The summed E-state index contributed by atoms with van der Waals surface area (Å²) in [6.07, 6.45) is 4.86. The van der Waals surface area contributed by atoms with Crippen LogP contribution in [0.1, 0.15) is 10.4 Å². The molecule has 1 fully saturated rings. The van der Waals surface area contributed by atoms with Gasteiger partial charge in [0.1, 0.15) is 0 Å². The van der Waals surface area contributed by atoms with E-state index in [0.29, 0.717) is 37.6 Å². The maximum Gasteiger partial charge on any atom is 0.259 e. The summed E-state index contributed by atoms with van der Waals surface area (Å²) in [6.45, 7) is 2.16. The quantitative estimate of drug-likeness (QED) is 0.773. The van der Waals surface area contributed by atoms with Gasteiger partial charge in [0.25, 0.3) is 21.8 Å². The lowest BCUT2D eigenvalue weighted by Crippen LogP contribution is -2.42. The predicted molar refractivity (Wildman–Crippen MR) is 107 cm³/mol. The zero-order valence-corrected chi connectivity index (χ0v) is 16.4. The van der Waals surface area contributed by atoms with E-state index in [1.54, 1.807) is 46.3 Å². The molecule has 1 saturated heterocycles. The molecule has 3 aliphatic heterocycles. The van der Waals surface area contributed by atoms with Gasteiger partial charge in [-0.05, 0) is 24.3 Å². The monoisotopic (exact) mass is 416 g/mol. The fourth-order valence-electron chi connectivity index (χ4n) is 3.30. The summed E-state index contributed by atoms with van der Waals surface area (Å²) >= 11 is 0. The van der Waals surface area contributed by atoms with E-state index < -0.39 is 15.9 Å². The highest BCUT2D eigenvalue weighted by molar-refractivity contribution is 7.90. The number of fused-ring (bicyclic) bond motifs is 1. The molecule has 0 unspecified atom stereocenters. The van der Waals surface area contributed by atoms with Gasteiger partial charge in [0.15, 0.2) is 5.84 Å². The lowest BCUT2D eigenvalue weighted by molar-refractivity contribution is -0.112. The Bertz CT molecular complexity index is 1040. The maximum atomic E-state index is 12.9. The molecule has 3 aliphatic rings. The fraction of sp³-hybridized carbons (Fsp3) is 0.316. The van der Waals surface area contributed by atoms with E-state index in [4.69, 9.17) is 4.74 Å². The van der Waals surface area contributed by atoms with Crippen LogP contribution in [-0.4, -0.2) is 74.5 Å². The maximum absolute atomic E-state index is 12.9. The van der Waals surface area contributed by atoms with Gasteiger partial charge in [-0.3, -0.25) is 9.59 Å². The normalized spacial score (nSPS) is 20.4. The Labute approximate surface area is 168 Å². The number of ether oxygens (including phenoxy) is 1. The number of nitrogens with zero attached hydrogens (tertiary/aromatic N) is 3. The molecule has 152 valence electrons. The van der Waals surface area contributed by atoms with Crippen molar-refractivity contribution in [2.24, 2.45) is 4.40 Å². The number of carbonyl (C=O) groups is 2. The van der Waals surface area contributed by atoms with Crippen LogP contribution in [0, 0.1) is 0 Å². The average Bonchev–Trinajstić information content (AvgIpc) is 2.73. The largest absolute Gasteiger partial charge is 0.378 e. The molecule has 1 aromatic rings. The molecule has 2 amide bonds. The lowest BCUT2D eigenvalue weighted by Gasteiger charge is -2.29. The molecule has 4 rings (SSSR count). The van der Waals surface area contributed by atoms with E-state index in [1.165, 1.54) is 6.08 Å². The van der Waals surface area contributed by atoms with Crippen molar-refractivity contribution >= 4 is 33.4 Å². The Kier molecular flexibility index (Phi) is 5.20. The van der Waals surface area contributed by atoms with E-state index in [1.807, 2.05) is 0 Å². The first kappa shape index (κ1) is 19.3. The molecular weight excluding hydrogens is 396 g/mol. The second-order valence-corrected chi connectivity index (χ2v) is 8.48. The standard InChI is InChI=1S/C19H20N4O5S/c24-18(15-5-3-7-22-10-13-29(26,27)21-17(15)22)20-16-6-2-1-4-14(16)19(25)23-8-11-28-12-9-23/h1-7H,8-13H2,(H,20,24). The Balaban J connectivity index is 1.59. The van der Waals surface area contributed by atoms with Crippen molar-refractivity contribution in [1.82, 2.24) is 9.80 Å². The summed E-state index contributed by atoms with van der Waals surface area (Å²) < 4.78 is 32.8. The van der Waals surface area contributed by atoms with E-state index in [-0.39, 0.29) is 29.6 Å². The molecule has 0 aliphatic carbocycles. The number of morpholine rings is 1. The molecule has 3 heterocycles. The summed E-state index contributed by atoms with van der Waals surface area (Å²) in [5, 5.41) is 2.74. The predicted octanol–water partition coefficient (Wildman–Crippen LogP) is 0.595. The van der Waals surface area contributed by atoms with E-state index in [0.717, 1.165) is 0 Å². The van der Waals surface area contributed by atoms with Crippen LogP contribution in [0.3, 0.4) is 0 Å². The number of anilines is 1. The Hall–Kier alpha value is -2.98. The third kappa shape index (κ3) is 4.08. The van der Waals surface area contributed by atoms with Gasteiger partial charge >= 0.3 is 0 Å². The Morgan fingerprint density at radius 2 is 1.86 bits per heavy atom. The molecule has 0 aromatic heterocycles. The van der Waals surface area contributed by atoms with Crippen LogP contribution in [0.2, 0.25) is 0 Å². The first-order valence-electron chi connectivity index (χ1n) is 9.20. The van der Waals surface area contributed by atoms with Crippen LogP contribution >= 0.6 is 0 Å². The summed E-state index contributed by atoms with van der Waals surface area (Å²) in [4.78, 5) is 29.1. The van der Waals surface area contributed by atoms with Gasteiger partial charge in [-0.2, -0.15) is 0 Å². The van der Waals surface area contributed by atoms with Crippen LogP contribution in [0.5, 0.6) is 0 Å².